The minimum atomic E-state index is -0.908. The number of carboxylic acids is 1. The van der Waals surface area contributed by atoms with Crippen molar-refractivity contribution in [3.05, 3.63) is 29.6 Å². The summed E-state index contributed by atoms with van der Waals surface area (Å²) in [5, 5.41) is 9.12. The predicted molar refractivity (Wildman–Crippen MR) is 75.8 cm³/mol. The minimum Gasteiger partial charge on any atom is -0.478 e. The largest absolute Gasteiger partial charge is 0.478 e. The lowest BCUT2D eigenvalue weighted by atomic mass is 10.1. The van der Waals surface area contributed by atoms with Gasteiger partial charge in [0.2, 0.25) is 0 Å². The van der Waals surface area contributed by atoms with E-state index in [1.165, 1.54) is 0 Å². The summed E-state index contributed by atoms with van der Waals surface area (Å²) in [6.07, 6.45) is 0. The summed E-state index contributed by atoms with van der Waals surface area (Å²) in [6, 6.07) is 5.10. The van der Waals surface area contributed by atoms with Gasteiger partial charge in [-0.25, -0.2) is 9.78 Å². The molecule has 0 amide bonds. The second-order valence-electron chi connectivity index (χ2n) is 6.14. The van der Waals surface area contributed by atoms with Gasteiger partial charge in [0, 0.05) is 11.5 Å². The third kappa shape index (κ3) is 2.35. The van der Waals surface area contributed by atoms with Crippen molar-refractivity contribution in [1.29, 1.82) is 0 Å². The summed E-state index contributed by atoms with van der Waals surface area (Å²) in [4.78, 5) is 15.8. The van der Waals surface area contributed by atoms with Crippen LogP contribution in [0, 0.1) is 0 Å². The maximum atomic E-state index is 11.1. The minimum absolute atomic E-state index is 0.133. The Morgan fingerprint density at radius 3 is 2.42 bits per heavy atom. The van der Waals surface area contributed by atoms with Crippen molar-refractivity contribution in [2.45, 2.75) is 46.1 Å². The number of aromatic carboxylic acids is 1. The summed E-state index contributed by atoms with van der Waals surface area (Å²) in [6.45, 7) is 10.5. The fourth-order valence-corrected chi connectivity index (χ4v) is 2.32. The molecule has 1 heterocycles. The Kier molecular flexibility index (Phi) is 3.12. The monoisotopic (exact) mass is 260 g/mol. The molecule has 1 aromatic carbocycles. The lowest BCUT2D eigenvalue weighted by Crippen LogP contribution is -2.24. The highest BCUT2D eigenvalue weighted by Crippen LogP contribution is 2.29. The molecule has 2 rings (SSSR count). The Morgan fingerprint density at radius 1 is 1.32 bits per heavy atom. The number of nitrogens with zero attached hydrogens (tertiary/aromatic N) is 2. The van der Waals surface area contributed by atoms with Crippen molar-refractivity contribution in [3.63, 3.8) is 0 Å². The van der Waals surface area contributed by atoms with E-state index in [1.807, 2.05) is 0 Å². The first-order chi connectivity index (χ1) is 8.71. The molecule has 0 saturated carbocycles. The molecule has 0 unspecified atom stereocenters. The summed E-state index contributed by atoms with van der Waals surface area (Å²) in [5.41, 5.74) is 1.90. The Labute approximate surface area is 113 Å². The smallest absolute Gasteiger partial charge is 0.335 e. The van der Waals surface area contributed by atoms with E-state index in [0.29, 0.717) is 11.5 Å². The molecule has 0 aliphatic carbocycles. The topological polar surface area (TPSA) is 55.1 Å². The van der Waals surface area contributed by atoms with E-state index in [0.717, 1.165) is 16.9 Å². The molecule has 4 nitrogen and oxygen atoms in total. The number of aromatic nitrogens is 2. The molecule has 0 aliphatic heterocycles. The second kappa shape index (κ2) is 4.37. The molecule has 0 atom stereocenters. The Bertz CT molecular complexity index is 633. The molecule has 4 heteroatoms. The van der Waals surface area contributed by atoms with Gasteiger partial charge in [-0.2, -0.15) is 0 Å². The lowest BCUT2D eigenvalue weighted by molar-refractivity contribution is 0.0697. The molecule has 0 bridgehead atoms. The van der Waals surface area contributed by atoms with E-state index >= 15 is 0 Å². The fourth-order valence-electron chi connectivity index (χ4n) is 2.32. The van der Waals surface area contributed by atoms with Crippen LogP contribution in [0.15, 0.2) is 18.2 Å². The Hall–Kier alpha value is -1.84. The summed E-state index contributed by atoms with van der Waals surface area (Å²) < 4.78 is 2.14. The molecule has 102 valence electrons. The molecule has 0 aliphatic rings. The number of hydrogen-bond donors (Lipinski definition) is 1. The summed E-state index contributed by atoms with van der Waals surface area (Å²) in [5.74, 6) is 0.375. The van der Waals surface area contributed by atoms with Crippen molar-refractivity contribution < 1.29 is 9.90 Å². The zero-order valence-electron chi connectivity index (χ0n) is 12.1. The van der Waals surface area contributed by atoms with E-state index < -0.39 is 5.97 Å². The van der Waals surface area contributed by atoms with Gasteiger partial charge < -0.3 is 9.67 Å². The van der Waals surface area contributed by atoms with Crippen LogP contribution in [-0.4, -0.2) is 20.6 Å². The maximum Gasteiger partial charge on any atom is 0.335 e. The number of fused-ring (bicyclic) bond motifs is 1. The zero-order chi connectivity index (χ0) is 14.4. The normalized spacial score (nSPS) is 12.3. The van der Waals surface area contributed by atoms with Gasteiger partial charge in [-0.15, -0.1) is 0 Å². The van der Waals surface area contributed by atoms with Crippen LogP contribution in [0.4, 0.5) is 0 Å². The van der Waals surface area contributed by atoms with Crippen molar-refractivity contribution >= 4 is 17.0 Å². The van der Waals surface area contributed by atoms with Crippen LogP contribution in [0.25, 0.3) is 11.0 Å². The summed E-state index contributed by atoms with van der Waals surface area (Å²) in [7, 11) is 0. The van der Waals surface area contributed by atoms with Crippen LogP contribution in [0.5, 0.6) is 0 Å². The van der Waals surface area contributed by atoms with Crippen molar-refractivity contribution in [3.8, 4) is 0 Å². The number of benzene rings is 1. The van der Waals surface area contributed by atoms with Crippen molar-refractivity contribution in [2.75, 3.05) is 0 Å². The Balaban J connectivity index is 2.82. The quantitative estimate of drug-likeness (QED) is 0.897. The highest BCUT2D eigenvalue weighted by molar-refractivity contribution is 5.92. The van der Waals surface area contributed by atoms with Gasteiger partial charge in [0.05, 0.1) is 16.6 Å². The lowest BCUT2D eigenvalue weighted by Gasteiger charge is -2.26. The third-order valence-corrected chi connectivity index (χ3v) is 3.11. The molecule has 0 spiro atoms. The maximum absolute atomic E-state index is 11.1. The average Bonchev–Trinajstić information content (AvgIpc) is 2.66. The first kappa shape index (κ1) is 13.6. The highest BCUT2D eigenvalue weighted by Gasteiger charge is 2.23. The average molecular weight is 260 g/mol. The molecule has 0 fully saturated rings. The summed E-state index contributed by atoms with van der Waals surface area (Å²) >= 11 is 0. The molecular weight excluding hydrogens is 240 g/mol. The van der Waals surface area contributed by atoms with Crippen LogP contribution in [0.3, 0.4) is 0 Å². The predicted octanol–water partition coefficient (Wildman–Crippen LogP) is 3.61. The first-order valence-corrected chi connectivity index (χ1v) is 6.48. The second-order valence-corrected chi connectivity index (χ2v) is 6.14. The van der Waals surface area contributed by atoms with Gasteiger partial charge >= 0.3 is 5.97 Å². The zero-order valence-corrected chi connectivity index (χ0v) is 12.1. The number of carboxylic acid groups (broad SMARTS) is 1. The SMILES string of the molecule is CC(C)c1nc2ccc(C(=O)O)cc2n1C(C)(C)C. The van der Waals surface area contributed by atoms with Crippen LogP contribution in [-0.2, 0) is 5.54 Å². The van der Waals surface area contributed by atoms with Crippen LogP contribution in [0.1, 0.15) is 56.7 Å². The van der Waals surface area contributed by atoms with Crippen molar-refractivity contribution in [2.24, 2.45) is 0 Å². The van der Waals surface area contributed by atoms with E-state index in [4.69, 9.17) is 5.11 Å². The van der Waals surface area contributed by atoms with E-state index in [1.54, 1.807) is 18.2 Å². The highest BCUT2D eigenvalue weighted by atomic mass is 16.4. The first-order valence-electron chi connectivity index (χ1n) is 6.48. The van der Waals surface area contributed by atoms with E-state index in [2.05, 4.69) is 44.2 Å². The van der Waals surface area contributed by atoms with Crippen LogP contribution in [0.2, 0.25) is 0 Å². The van der Waals surface area contributed by atoms with Gasteiger partial charge in [-0.1, -0.05) is 13.8 Å². The number of rotatable bonds is 2. The molecule has 2 aromatic rings. The fraction of sp³-hybridized carbons (Fsp3) is 0.467. The molecule has 0 saturated heterocycles. The van der Waals surface area contributed by atoms with Crippen LogP contribution < -0.4 is 0 Å². The number of imidazole rings is 1. The molecule has 1 N–H and O–H groups in total. The molecule has 0 radical (unpaired) electrons. The molecular formula is C15H20N2O2. The van der Waals surface area contributed by atoms with E-state index in [-0.39, 0.29) is 5.54 Å². The third-order valence-electron chi connectivity index (χ3n) is 3.11. The van der Waals surface area contributed by atoms with Crippen molar-refractivity contribution in [1.82, 2.24) is 9.55 Å². The standard InChI is InChI=1S/C15H20N2O2/c1-9(2)13-16-11-7-6-10(14(18)19)8-12(11)17(13)15(3,4)5/h6-9H,1-5H3,(H,18,19). The Morgan fingerprint density at radius 2 is 1.95 bits per heavy atom. The van der Waals surface area contributed by atoms with Gasteiger partial charge in [0.1, 0.15) is 5.82 Å². The van der Waals surface area contributed by atoms with Gasteiger partial charge in [0.25, 0.3) is 0 Å². The molecule has 19 heavy (non-hydrogen) atoms. The molecule has 1 aromatic heterocycles. The number of hydrogen-bond acceptors (Lipinski definition) is 2. The van der Waals surface area contributed by atoms with Crippen LogP contribution >= 0.6 is 0 Å². The van der Waals surface area contributed by atoms with Gasteiger partial charge in [-0.3, -0.25) is 0 Å². The van der Waals surface area contributed by atoms with Gasteiger partial charge in [0.15, 0.2) is 0 Å². The van der Waals surface area contributed by atoms with E-state index in [9.17, 15) is 4.79 Å². The number of carbonyl (C=O) groups is 1. The van der Waals surface area contributed by atoms with Gasteiger partial charge in [-0.05, 0) is 39.0 Å².